The van der Waals surface area contributed by atoms with Crippen molar-refractivity contribution in [3.63, 3.8) is 0 Å². The third-order valence-corrected chi connectivity index (χ3v) is 5.94. The minimum atomic E-state index is -0.156. The SMILES string of the molecule is Cc1csc(N2CCCN(C(C)C(=O)Nc3cccc(Br)c3)CC2)n1. The second kappa shape index (κ2) is 8.29. The van der Waals surface area contributed by atoms with E-state index in [9.17, 15) is 4.79 Å². The van der Waals surface area contributed by atoms with E-state index in [0.29, 0.717) is 0 Å². The van der Waals surface area contributed by atoms with Crippen LogP contribution in [0.15, 0.2) is 34.1 Å². The molecule has 1 aromatic heterocycles. The molecule has 1 aliphatic rings. The monoisotopic (exact) mass is 422 g/mol. The molecule has 0 aliphatic carbocycles. The number of aromatic nitrogens is 1. The number of carbonyl (C=O) groups is 1. The summed E-state index contributed by atoms with van der Waals surface area (Å²) in [4.78, 5) is 21.8. The van der Waals surface area contributed by atoms with Gasteiger partial charge in [-0.15, -0.1) is 11.3 Å². The first-order valence-electron chi connectivity index (χ1n) is 8.50. The van der Waals surface area contributed by atoms with Gasteiger partial charge in [0.1, 0.15) is 0 Å². The Morgan fingerprint density at radius 2 is 2.16 bits per heavy atom. The Hall–Kier alpha value is -1.44. The van der Waals surface area contributed by atoms with E-state index in [2.05, 4.69) is 41.4 Å². The van der Waals surface area contributed by atoms with Gasteiger partial charge in [0.05, 0.1) is 11.7 Å². The number of benzene rings is 1. The number of hydrogen-bond acceptors (Lipinski definition) is 5. The number of rotatable bonds is 4. The predicted molar refractivity (Wildman–Crippen MR) is 107 cm³/mol. The lowest BCUT2D eigenvalue weighted by atomic mass is 10.2. The highest BCUT2D eigenvalue weighted by molar-refractivity contribution is 9.10. The second-order valence-corrected chi connectivity index (χ2v) is 8.08. The Morgan fingerprint density at radius 3 is 2.88 bits per heavy atom. The number of aryl methyl sites for hydroxylation is 1. The van der Waals surface area contributed by atoms with Crippen LogP contribution in [-0.4, -0.2) is 48.0 Å². The first-order valence-corrected chi connectivity index (χ1v) is 10.2. The zero-order chi connectivity index (χ0) is 17.8. The van der Waals surface area contributed by atoms with Crippen LogP contribution in [0.2, 0.25) is 0 Å². The first-order chi connectivity index (χ1) is 12.0. The Kier molecular flexibility index (Phi) is 6.09. The van der Waals surface area contributed by atoms with Gasteiger partial charge in [-0.3, -0.25) is 9.69 Å². The average molecular weight is 423 g/mol. The van der Waals surface area contributed by atoms with Gasteiger partial charge in [-0.25, -0.2) is 4.98 Å². The fourth-order valence-electron chi connectivity index (χ4n) is 2.98. The molecule has 134 valence electrons. The van der Waals surface area contributed by atoms with Crippen molar-refractivity contribution in [2.75, 3.05) is 36.4 Å². The van der Waals surface area contributed by atoms with Crippen molar-refractivity contribution in [2.45, 2.75) is 26.3 Å². The maximum absolute atomic E-state index is 12.6. The number of halogens is 1. The summed E-state index contributed by atoms with van der Waals surface area (Å²) in [6.45, 7) is 7.69. The summed E-state index contributed by atoms with van der Waals surface area (Å²) in [7, 11) is 0. The van der Waals surface area contributed by atoms with Gasteiger partial charge in [0.25, 0.3) is 0 Å². The third kappa shape index (κ3) is 4.80. The molecule has 1 atom stereocenters. The molecular weight excluding hydrogens is 400 g/mol. The number of thiazole rings is 1. The molecule has 1 unspecified atom stereocenters. The van der Waals surface area contributed by atoms with Crippen LogP contribution in [0.25, 0.3) is 0 Å². The molecule has 0 saturated carbocycles. The summed E-state index contributed by atoms with van der Waals surface area (Å²) in [5.41, 5.74) is 1.89. The van der Waals surface area contributed by atoms with Crippen molar-refractivity contribution < 1.29 is 4.79 Å². The Balaban J connectivity index is 1.58. The standard InChI is InChI=1S/C18H23BrN4OS/c1-13-12-25-18(20-13)23-8-4-7-22(9-10-23)14(2)17(24)21-16-6-3-5-15(19)11-16/h3,5-6,11-12,14H,4,7-10H2,1-2H3,(H,21,24). The van der Waals surface area contributed by atoms with Crippen LogP contribution in [-0.2, 0) is 4.79 Å². The molecule has 5 nitrogen and oxygen atoms in total. The third-order valence-electron chi connectivity index (χ3n) is 4.43. The van der Waals surface area contributed by atoms with Crippen LogP contribution >= 0.6 is 27.3 Å². The van der Waals surface area contributed by atoms with Crippen molar-refractivity contribution >= 4 is 44.0 Å². The molecule has 2 heterocycles. The first kappa shape index (κ1) is 18.4. The summed E-state index contributed by atoms with van der Waals surface area (Å²) < 4.78 is 0.960. The fraction of sp³-hybridized carbons (Fsp3) is 0.444. The summed E-state index contributed by atoms with van der Waals surface area (Å²) in [6.07, 6.45) is 1.03. The number of nitrogens with zero attached hydrogens (tertiary/aromatic N) is 3. The maximum Gasteiger partial charge on any atom is 0.241 e. The molecule has 0 bridgehead atoms. The largest absolute Gasteiger partial charge is 0.347 e. The van der Waals surface area contributed by atoms with Gasteiger partial charge in [-0.1, -0.05) is 22.0 Å². The van der Waals surface area contributed by atoms with E-state index >= 15 is 0 Å². The molecule has 1 aromatic carbocycles. The van der Waals surface area contributed by atoms with E-state index in [0.717, 1.165) is 53.6 Å². The zero-order valence-electron chi connectivity index (χ0n) is 14.5. The molecule has 1 fully saturated rings. The number of carbonyl (C=O) groups excluding carboxylic acids is 1. The smallest absolute Gasteiger partial charge is 0.241 e. The lowest BCUT2D eigenvalue weighted by molar-refractivity contribution is -0.120. The van der Waals surface area contributed by atoms with Crippen LogP contribution in [0.4, 0.5) is 10.8 Å². The van der Waals surface area contributed by atoms with E-state index in [-0.39, 0.29) is 11.9 Å². The van der Waals surface area contributed by atoms with Crippen LogP contribution in [0.1, 0.15) is 19.0 Å². The van der Waals surface area contributed by atoms with Crippen LogP contribution < -0.4 is 10.2 Å². The van der Waals surface area contributed by atoms with Crippen LogP contribution in [0.3, 0.4) is 0 Å². The Labute approximate surface area is 161 Å². The van der Waals surface area contributed by atoms with Crippen LogP contribution in [0, 0.1) is 6.92 Å². The van der Waals surface area contributed by atoms with E-state index in [1.54, 1.807) is 11.3 Å². The Bertz CT molecular complexity index is 735. The highest BCUT2D eigenvalue weighted by Gasteiger charge is 2.25. The van der Waals surface area contributed by atoms with E-state index in [1.807, 2.05) is 38.1 Å². The molecule has 7 heteroatoms. The van der Waals surface area contributed by atoms with E-state index in [4.69, 9.17) is 0 Å². The topological polar surface area (TPSA) is 48.5 Å². The number of nitrogens with one attached hydrogen (secondary N) is 1. The molecule has 2 aromatic rings. The number of anilines is 2. The molecule has 3 rings (SSSR count). The summed E-state index contributed by atoms with van der Waals surface area (Å²) in [5.74, 6) is 0.0386. The fourth-order valence-corrected chi connectivity index (χ4v) is 4.24. The molecular formula is C18H23BrN4OS. The predicted octanol–water partition coefficient (Wildman–Crippen LogP) is 3.75. The number of amides is 1. The average Bonchev–Trinajstić information content (AvgIpc) is 2.87. The highest BCUT2D eigenvalue weighted by Crippen LogP contribution is 2.22. The van der Waals surface area contributed by atoms with Gasteiger partial charge < -0.3 is 10.2 Å². The minimum absolute atomic E-state index is 0.0386. The lowest BCUT2D eigenvalue weighted by Crippen LogP contribution is -2.43. The Morgan fingerprint density at radius 1 is 1.32 bits per heavy atom. The van der Waals surface area contributed by atoms with Crippen molar-refractivity contribution in [3.8, 4) is 0 Å². The molecule has 0 spiro atoms. The second-order valence-electron chi connectivity index (χ2n) is 6.32. The van der Waals surface area contributed by atoms with E-state index in [1.165, 1.54) is 0 Å². The highest BCUT2D eigenvalue weighted by atomic mass is 79.9. The van der Waals surface area contributed by atoms with E-state index < -0.39 is 0 Å². The van der Waals surface area contributed by atoms with Crippen molar-refractivity contribution in [3.05, 3.63) is 39.8 Å². The lowest BCUT2D eigenvalue weighted by Gasteiger charge is -2.27. The van der Waals surface area contributed by atoms with Crippen molar-refractivity contribution in [1.82, 2.24) is 9.88 Å². The normalized spacial score (nSPS) is 17.2. The maximum atomic E-state index is 12.6. The molecule has 25 heavy (non-hydrogen) atoms. The molecule has 1 amide bonds. The van der Waals surface area contributed by atoms with Gasteiger partial charge in [0, 0.05) is 41.7 Å². The van der Waals surface area contributed by atoms with Crippen molar-refractivity contribution in [2.24, 2.45) is 0 Å². The molecule has 0 radical (unpaired) electrons. The molecule has 1 saturated heterocycles. The van der Waals surface area contributed by atoms with Gasteiger partial charge in [-0.05, 0) is 38.5 Å². The summed E-state index contributed by atoms with van der Waals surface area (Å²) in [5, 5.41) is 6.19. The summed E-state index contributed by atoms with van der Waals surface area (Å²) >= 11 is 5.13. The van der Waals surface area contributed by atoms with Crippen LogP contribution in [0.5, 0.6) is 0 Å². The number of hydrogen-bond donors (Lipinski definition) is 1. The molecule has 1 aliphatic heterocycles. The quantitative estimate of drug-likeness (QED) is 0.814. The van der Waals surface area contributed by atoms with Crippen molar-refractivity contribution in [1.29, 1.82) is 0 Å². The molecule has 1 N–H and O–H groups in total. The minimum Gasteiger partial charge on any atom is -0.347 e. The van der Waals surface area contributed by atoms with Gasteiger partial charge in [0.2, 0.25) is 5.91 Å². The van der Waals surface area contributed by atoms with Gasteiger partial charge in [-0.2, -0.15) is 0 Å². The zero-order valence-corrected chi connectivity index (χ0v) is 16.9. The van der Waals surface area contributed by atoms with Gasteiger partial charge in [0.15, 0.2) is 5.13 Å². The summed E-state index contributed by atoms with van der Waals surface area (Å²) in [6, 6.07) is 7.54. The van der Waals surface area contributed by atoms with Gasteiger partial charge >= 0.3 is 0 Å².